The Morgan fingerprint density at radius 2 is 1.63 bits per heavy atom. The molecule has 1 aliphatic rings. The fourth-order valence-corrected chi connectivity index (χ4v) is 2.89. The van der Waals surface area contributed by atoms with Gasteiger partial charge in [0, 0.05) is 10.5 Å². The predicted molar refractivity (Wildman–Crippen MR) is 85.6 cm³/mol. The van der Waals surface area contributed by atoms with Crippen LogP contribution in [0.4, 0.5) is 0 Å². The molecule has 100 valence electrons. The minimum atomic E-state index is 0. The van der Waals surface area contributed by atoms with Gasteiger partial charge in [-0.05, 0) is 41.5 Å². The van der Waals surface area contributed by atoms with Crippen LogP contribution in [0.25, 0.3) is 0 Å². The zero-order valence-corrected chi connectivity index (χ0v) is 12.9. The van der Waals surface area contributed by atoms with Gasteiger partial charge in [0.1, 0.15) is 0 Å². The first-order chi connectivity index (χ1) is 8.75. The summed E-state index contributed by atoms with van der Waals surface area (Å²) < 4.78 is 1.14. The molecule has 1 saturated carbocycles. The lowest BCUT2D eigenvalue weighted by molar-refractivity contribution is 0.616. The van der Waals surface area contributed by atoms with Gasteiger partial charge in [-0.1, -0.05) is 58.4 Å². The van der Waals surface area contributed by atoms with Gasteiger partial charge in [0.25, 0.3) is 0 Å². The van der Waals surface area contributed by atoms with E-state index in [1.807, 2.05) is 6.07 Å². The normalized spacial score (nSPS) is 22.4. The van der Waals surface area contributed by atoms with Crippen LogP contribution in [0.1, 0.15) is 29.5 Å². The maximum Gasteiger partial charge on any atom is 0.0329 e. The summed E-state index contributed by atoms with van der Waals surface area (Å²) in [7, 11) is 0. The van der Waals surface area contributed by atoms with E-state index >= 15 is 0 Å². The molecule has 0 radical (unpaired) electrons. The molecule has 1 nitrogen and oxygen atoms in total. The third kappa shape index (κ3) is 3.19. The first-order valence-corrected chi connectivity index (χ1v) is 7.11. The van der Waals surface area contributed by atoms with Crippen LogP contribution in [-0.2, 0) is 0 Å². The molecule has 0 saturated heterocycles. The van der Waals surface area contributed by atoms with Gasteiger partial charge in [-0.15, -0.1) is 12.4 Å². The third-order valence-electron chi connectivity index (χ3n) is 3.78. The Hall–Kier alpha value is -0.830. The predicted octanol–water partition coefficient (Wildman–Crippen LogP) is 4.67. The zero-order chi connectivity index (χ0) is 12.5. The zero-order valence-electron chi connectivity index (χ0n) is 10.5. The molecule has 3 rings (SSSR count). The van der Waals surface area contributed by atoms with Crippen LogP contribution in [0.5, 0.6) is 0 Å². The molecule has 1 fully saturated rings. The first-order valence-electron chi connectivity index (χ1n) is 6.31. The molecular weight excluding hydrogens is 322 g/mol. The molecule has 2 aromatic carbocycles. The van der Waals surface area contributed by atoms with E-state index < -0.39 is 0 Å². The Bertz CT molecular complexity index is 526. The van der Waals surface area contributed by atoms with E-state index in [1.54, 1.807) is 0 Å². The largest absolute Gasteiger partial charge is 0.324 e. The van der Waals surface area contributed by atoms with Crippen molar-refractivity contribution >= 4 is 28.3 Å². The van der Waals surface area contributed by atoms with Crippen LogP contribution < -0.4 is 5.73 Å². The summed E-state index contributed by atoms with van der Waals surface area (Å²) in [6, 6.07) is 19.2. The molecule has 0 heterocycles. The second kappa shape index (κ2) is 6.08. The van der Waals surface area contributed by atoms with E-state index in [-0.39, 0.29) is 18.4 Å². The molecule has 0 aliphatic heterocycles. The molecule has 0 bridgehead atoms. The second-order valence-corrected chi connectivity index (χ2v) is 5.91. The lowest BCUT2D eigenvalue weighted by Crippen LogP contribution is -2.13. The maximum absolute atomic E-state index is 6.35. The van der Waals surface area contributed by atoms with Crippen molar-refractivity contribution < 1.29 is 0 Å². The van der Waals surface area contributed by atoms with Gasteiger partial charge in [0.15, 0.2) is 0 Å². The SMILES string of the molecule is Cl.NC(c1ccccc1)C1CC1c1ccc(Br)cc1. The number of halogens is 2. The lowest BCUT2D eigenvalue weighted by Gasteiger charge is -2.11. The van der Waals surface area contributed by atoms with E-state index in [1.165, 1.54) is 17.5 Å². The Balaban J connectivity index is 0.00000133. The van der Waals surface area contributed by atoms with Crippen LogP contribution >= 0.6 is 28.3 Å². The molecule has 0 amide bonds. The molecule has 3 heteroatoms. The Kier molecular flexibility index (Phi) is 4.67. The van der Waals surface area contributed by atoms with Gasteiger partial charge < -0.3 is 5.73 Å². The summed E-state index contributed by atoms with van der Waals surface area (Å²) in [5.74, 6) is 1.22. The number of hydrogen-bond donors (Lipinski definition) is 1. The van der Waals surface area contributed by atoms with E-state index in [0.29, 0.717) is 11.8 Å². The monoisotopic (exact) mass is 337 g/mol. The van der Waals surface area contributed by atoms with E-state index in [2.05, 4.69) is 64.5 Å². The Morgan fingerprint density at radius 3 is 2.26 bits per heavy atom. The molecule has 1 aliphatic carbocycles. The second-order valence-electron chi connectivity index (χ2n) is 4.99. The number of hydrogen-bond acceptors (Lipinski definition) is 1. The van der Waals surface area contributed by atoms with Crippen molar-refractivity contribution in [1.82, 2.24) is 0 Å². The highest BCUT2D eigenvalue weighted by Crippen LogP contribution is 2.53. The Labute approximate surface area is 128 Å². The standard InChI is InChI=1S/C16H16BrN.ClH/c17-13-8-6-11(7-9-13)14-10-15(14)16(18)12-4-2-1-3-5-12;/h1-9,14-16H,10,18H2;1H. The van der Waals surface area contributed by atoms with Gasteiger partial charge in [-0.2, -0.15) is 0 Å². The van der Waals surface area contributed by atoms with Gasteiger partial charge >= 0.3 is 0 Å². The van der Waals surface area contributed by atoms with Crippen molar-refractivity contribution in [2.24, 2.45) is 11.7 Å². The summed E-state index contributed by atoms with van der Waals surface area (Å²) >= 11 is 3.47. The fraction of sp³-hybridized carbons (Fsp3) is 0.250. The number of rotatable bonds is 3. The highest BCUT2D eigenvalue weighted by atomic mass is 79.9. The highest BCUT2D eigenvalue weighted by Gasteiger charge is 2.42. The van der Waals surface area contributed by atoms with Crippen LogP contribution in [0.15, 0.2) is 59.1 Å². The fourth-order valence-electron chi connectivity index (χ4n) is 2.63. The van der Waals surface area contributed by atoms with Gasteiger partial charge in [-0.25, -0.2) is 0 Å². The van der Waals surface area contributed by atoms with Crippen molar-refractivity contribution in [2.45, 2.75) is 18.4 Å². The summed E-state index contributed by atoms with van der Waals surface area (Å²) in [4.78, 5) is 0. The summed E-state index contributed by atoms with van der Waals surface area (Å²) in [6.07, 6.45) is 1.21. The van der Waals surface area contributed by atoms with Crippen LogP contribution in [0.2, 0.25) is 0 Å². The average molecular weight is 339 g/mol. The van der Waals surface area contributed by atoms with E-state index in [0.717, 1.165) is 4.47 Å². The number of benzene rings is 2. The van der Waals surface area contributed by atoms with Gasteiger partial charge in [0.05, 0.1) is 0 Å². The van der Waals surface area contributed by atoms with Gasteiger partial charge in [0.2, 0.25) is 0 Å². The summed E-state index contributed by atoms with van der Waals surface area (Å²) in [6.45, 7) is 0. The maximum atomic E-state index is 6.35. The molecular formula is C16H17BrClN. The molecule has 0 aromatic heterocycles. The molecule has 2 aromatic rings. The topological polar surface area (TPSA) is 26.0 Å². The quantitative estimate of drug-likeness (QED) is 0.864. The van der Waals surface area contributed by atoms with Crippen molar-refractivity contribution in [3.05, 3.63) is 70.2 Å². The van der Waals surface area contributed by atoms with Gasteiger partial charge in [-0.3, -0.25) is 0 Å². The number of nitrogens with two attached hydrogens (primary N) is 1. The van der Waals surface area contributed by atoms with Crippen molar-refractivity contribution in [2.75, 3.05) is 0 Å². The smallest absolute Gasteiger partial charge is 0.0329 e. The summed E-state index contributed by atoms with van der Waals surface area (Å²) in [5.41, 5.74) is 9.01. The van der Waals surface area contributed by atoms with Crippen LogP contribution in [-0.4, -0.2) is 0 Å². The van der Waals surface area contributed by atoms with Crippen molar-refractivity contribution in [3.63, 3.8) is 0 Å². The summed E-state index contributed by atoms with van der Waals surface area (Å²) in [5, 5.41) is 0. The molecule has 2 N–H and O–H groups in total. The highest BCUT2D eigenvalue weighted by molar-refractivity contribution is 9.10. The third-order valence-corrected chi connectivity index (χ3v) is 4.31. The van der Waals surface area contributed by atoms with E-state index in [9.17, 15) is 0 Å². The molecule has 3 atom stereocenters. The Morgan fingerprint density at radius 1 is 1.00 bits per heavy atom. The van der Waals surface area contributed by atoms with Crippen LogP contribution in [0, 0.1) is 5.92 Å². The molecule has 0 spiro atoms. The lowest BCUT2D eigenvalue weighted by atomic mass is 10.00. The van der Waals surface area contributed by atoms with E-state index in [4.69, 9.17) is 5.73 Å². The average Bonchev–Trinajstić information content (AvgIpc) is 3.20. The first kappa shape index (κ1) is 14.6. The minimum Gasteiger partial charge on any atom is -0.324 e. The molecule has 19 heavy (non-hydrogen) atoms. The molecule has 3 unspecified atom stereocenters. The van der Waals surface area contributed by atoms with Crippen molar-refractivity contribution in [3.8, 4) is 0 Å². The minimum absolute atomic E-state index is 0. The van der Waals surface area contributed by atoms with Crippen LogP contribution in [0.3, 0.4) is 0 Å². The van der Waals surface area contributed by atoms with Crippen molar-refractivity contribution in [1.29, 1.82) is 0 Å².